The summed E-state index contributed by atoms with van der Waals surface area (Å²) in [5.41, 5.74) is 1.62. The highest BCUT2D eigenvalue weighted by Crippen LogP contribution is 2.18. The van der Waals surface area contributed by atoms with E-state index in [1.165, 1.54) is 5.56 Å². The third-order valence-corrected chi connectivity index (χ3v) is 4.89. The molecule has 0 saturated heterocycles. The molecular weight excluding hydrogens is 334 g/mol. The van der Waals surface area contributed by atoms with Gasteiger partial charge in [0.2, 0.25) is 0 Å². The van der Waals surface area contributed by atoms with E-state index in [2.05, 4.69) is 29.2 Å². The molecule has 2 heterocycles. The Kier molecular flexibility index (Phi) is 5.60. The maximum absolute atomic E-state index is 12.9. The summed E-state index contributed by atoms with van der Waals surface area (Å²) < 4.78 is 5.07. The number of hydrogen-bond donors (Lipinski definition) is 0. The second-order valence-electron chi connectivity index (χ2n) is 6.05. The lowest BCUT2D eigenvalue weighted by Gasteiger charge is -2.28. The summed E-state index contributed by atoms with van der Waals surface area (Å²) >= 11 is 1.55. The van der Waals surface area contributed by atoms with Gasteiger partial charge in [0.1, 0.15) is 10.8 Å². The lowest BCUT2D eigenvalue weighted by molar-refractivity contribution is 0.0656. The van der Waals surface area contributed by atoms with E-state index in [0.717, 1.165) is 17.8 Å². The maximum Gasteiger partial charge on any atom is 0.276 e. The summed E-state index contributed by atoms with van der Waals surface area (Å²) in [7, 11) is 0. The average Bonchev–Trinajstić information content (AvgIpc) is 3.29. The molecule has 0 aliphatic heterocycles. The Morgan fingerprint density at radius 2 is 2.12 bits per heavy atom. The summed E-state index contributed by atoms with van der Waals surface area (Å²) in [6.07, 6.45) is 3.55. The van der Waals surface area contributed by atoms with E-state index >= 15 is 0 Å². The monoisotopic (exact) mass is 355 g/mol. The van der Waals surface area contributed by atoms with Crippen molar-refractivity contribution in [2.75, 3.05) is 0 Å². The molecule has 3 rings (SSSR count). The Morgan fingerprint density at radius 3 is 2.76 bits per heavy atom. The van der Waals surface area contributed by atoms with Crippen LogP contribution < -0.4 is 0 Å². The zero-order valence-electron chi connectivity index (χ0n) is 14.4. The molecule has 2 aromatic heterocycles. The number of carbonyl (C=O) groups excluding carboxylic acids is 1. The van der Waals surface area contributed by atoms with Gasteiger partial charge in [0.15, 0.2) is 5.69 Å². The number of rotatable bonds is 7. The van der Waals surface area contributed by atoms with Crippen molar-refractivity contribution in [3.63, 3.8) is 0 Å². The van der Waals surface area contributed by atoms with Gasteiger partial charge >= 0.3 is 0 Å². The van der Waals surface area contributed by atoms with Crippen molar-refractivity contribution in [3.05, 3.63) is 70.0 Å². The predicted molar refractivity (Wildman–Crippen MR) is 97.5 cm³/mol. The molecular formula is C19H21N3O2S. The van der Waals surface area contributed by atoms with E-state index < -0.39 is 0 Å². The summed E-state index contributed by atoms with van der Waals surface area (Å²) in [5.74, 6) is 0.516. The molecule has 1 atom stereocenters. The lowest BCUT2D eigenvalue weighted by Crippen LogP contribution is -2.38. The Morgan fingerprint density at radius 1 is 1.32 bits per heavy atom. The third-order valence-electron chi connectivity index (χ3n) is 4.12. The van der Waals surface area contributed by atoms with Crippen LogP contribution in [0.4, 0.5) is 0 Å². The highest BCUT2D eigenvalue weighted by atomic mass is 32.1. The molecule has 0 spiro atoms. The fourth-order valence-electron chi connectivity index (χ4n) is 2.69. The number of thiazole rings is 1. The molecule has 0 unspecified atom stereocenters. The topological polar surface area (TPSA) is 59.2 Å². The van der Waals surface area contributed by atoms with E-state index in [0.29, 0.717) is 18.0 Å². The summed E-state index contributed by atoms with van der Waals surface area (Å²) in [5, 5.41) is 6.72. The molecule has 6 heteroatoms. The molecule has 1 amide bonds. The van der Waals surface area contributed by atoms with Crippen molar-refractivity contribution in [1.29, 1.82) is 0 Å². The summed E-state index contributed by atoms with van der Waals surface area (Å²) in [6.45, 7) is 4.34. The van der Waals surface area contributed by atoms with Crippen LogP contribution in [0.3, 0.4) is 0 Å². The molecule has 0 aliphatic rings. The minimum absolute atomic E-state index is 0.0635. The molecule has 0 radical (unpaired) electrons. The first-order valence-electron chi connectivity index (χ1n) is 8.30. The summed E-state index contributed by atoms with van der Waals surface area (Å²) in [6, 6.07) is 12.1. The minimum atomic E-state index is -0.118. The SMILES string of the molecule is Cc1cc(C(=O)N(Cc2nccs2)[C@@H](C)CCc2ccccc2)no1. The van der Waals surface area contributed by atoms with Gasteiger partial charge in [0, 0.05) is 23.7 Å². The van der Waals surface area contributed by atoms with Crippen LogP contribution in [-0.2, 0) is 13.0 Å². The van der Waals surface area contributed by atoms with Crippen LogP contribution in [0.5, 0.6) is 0 Å². The molecule has 3 aromatic rings. The van der Waals surface area contributed by atoms with Crippen molar-refractivity contribution in [2.45, 2.75) is 39.3 Å². The number of aryl methyl sites for hydroxylation is 2. The average molecular weight is 355 g/mol. The number of carbonyl (C=O) groups is 1. The molecule has 1 aromatic carbocycles. The number of hydrogen-bond acceptors (Lipinski definition) is 5. The van der Waals surface area contributed by atoms with E-state index in [-0.39, 0.29) is 11.9 Å². The zero-order valence-corrected chi connectivity index (χ0v) is 15.2. The highest BCUT2D eigenvalue weighted by Gasteiger charge is 2.25. The fourth-order valence-corrected chi connectivity index (χ4v) is 3.31. The van der Waals surface area contributed by atoms with Crippen LogP contribution in [0, 0.1) is 6.92 Å². The first-order chi connectivity index (χ1) is 12.1. The molecule has 5 nitrogen and oxygen atoms in total. The second-order valence-corrected chi connectivity index (χ2v) is 7.03. The number of benzene rings is 1. The van der Waals surface area contributed by atoms with Gasteiger partial charge in [-0.05, 0) is 32.3 Å². The second kappa shape index (κ2) is 8.07. The number of amides is 1. The molecule has 0 bridgehead atoms. The van der Waals surface area contributed by atoms with E-state index in [4.69, 9.17) is 4.52 Å². The fraction of sp³-hybridized carbons (Fsp3) is 0.316. The van der Waals surface area contributed by atoms with Gasteiger partial charge in [-0.2, -0.15) is 0 Å². The molecule has 0 aliphatic carbocycles. The minimum Gasteiger partial charge on any atom is -0.361 e. The molecule has 0 N–H and O–H groups in total. The van der Waals surface area contributed by atoms with Crippen LogP contribution >= 0.6 is 11.3 Å². The standard InChI is InChI=1S/C19H21N3O2S/c1-14(8-9-16-6-4-3-5-7-16)22(13-18-20-10-11-25-18)19(23)17-12-15(2)24-21-17/h3-7,10-12,14H,8-9,13H2,1-2H3/t14-/m0/s1. The van der Waals surface area contributed by atoms with Crippen molar-refractivity contribution < 1.29 is 9.32 Å². The molecule has 130 valence electrons. The van der Waals surface area contributed by atoms with Crippen LogP contribution in [0.2, 0.25) is 0 Å². The van der Waals surface area contributed by atoms with Crippen LogP contribution in [0.15, 0.2) is 52.5 Å². The van der Waals surface area contributed by atoms with Gasteiger partial charge in [-0.3, -0.25) is 4.79 Å². The van der Waals surface area contributed by atoms with Crippen LogP contribution in [-0.4, -0.2) is 27.0 Å². The van der Waals surface area contributed by atoms with Crippen molar-refractivity contribution in [2.24, 2.45) is 0 Å². The molecule has 0 saturated carbocycles. The summed E-state index contributed by atoms with van der Waals surface area (Å²) in [4.78, 5) is 19.1. The third kappa shape index (κ3) is 4.54. The molecule has 0 fully saturated rings. The van der Waals surface area contributed by atoms with E-state index in [1.54, 1.807) is 30.5 Å². The smallest absolute Gasteiger partial charge is 0.276 e. The number of aromatic nitrogens is 2. The normalized spacial score (nSPS) is 12.1. The first-order valence-corrected chi connectivity index (χ1v) is 9.18. The van der Waals surface area contributed by atoms with Crippen LogP contribution in [0.1, 0.15) is 40.2 Å². The Balaban J connectivity index is 1.73. The van der Waals surface area contributed by atoms with Gasteiger partial charge in [-0.15, -0.1) is 11.3 Å². The lowest BCUT2D eigenvalue weighted by atomic mass is 10.0. The van der Waals surface area contributed by atoms with E-state index in [9.17, 15) is 4.79 Å². The van der Waals surface area contributed by atoms with Gasteiger partial charge in [-0.1, -0.05) is 35.5 Å². The van der Waals surface area contributed by atoms with Gasteiger partial charge < -0.3 is 9.42 Å². The Bertz CT molecular complexity index is 799. The molecule has 25 heavy (non-hydrogen) atoms. The number of nitrogens with zero attached hydrogens (tertiary/aromatic N) is 3. The quantitative estimate of drug-likeness (QED) is 0.640. The largest absolute Gasteiger partial charge is 0.361 e. The van der Waals surface area contributed by atoms with Gasteiger partial charge in [0.05, 0.1) is 6.54 Å². The maximum atomic E-state index is 12.9. The van der Waals surface area contributed by atoms with Gasteiger partial charge in [-0.25, -0.2) is 4.98 Å². The van der Waals surface area contributed by atoms with Crippen molar-refractivity contribution >= 4 is 17.2 Å². The van der Waals surface area contributed by atoms with Crippen molar-refractivity contribution in [1.82, 2.24) is 15.0 Å². The first kappa shape index (κ1) is 17.4. The zero-order chi connectivity index (χ0) is 17.6. The predicted octanol–water partition coefficient (Wildman–Crippen LogP) is 4.10. The Labute approximate surface area is 151 Å². The highest BCUT2D eigenvalue weighted by molar-refractivity contribution is 7.09. The van der Waals surface area contributed by atoms with Crippen LogP contribution in [0.25, 0.3) is 0 Å². The van der Waals surface area contributed by atoms with Gasteiger partial charge in [0.25, 0.3) is 5.91 Å². The Hall–Kier alpha value is -2.47. The van der Waals surface area contributed by atoms with E-state index in [1.807, 2.05) is 28.5 Å². The van der Waals surface area contributed by atoms with Crippen molar-refractivity contribution in [3.8, 4) is 0 Å².